The SMILES string of the molecule is CC[C@H]1Oc2cc(S(=O)(=O)N(C)CC(=O)Nc3cc(Cl)ccc3OC)c(C)cc2NC1=O. The molecule has 1 aliphatic heterocycles. The van der Waals surface area contributed by atoms with Crippen LogP contribution in [0.25, 0.3) is 0 Å². The van der Waals surface area contributed by atoms with Crippen LogP contribution < -0.4 is 20.1 Å². The van der Waals surface area contributed by atoms with E-state index in [2.05, 4.69) is 10.6 Å². The summed E-state index contributed by atoms with van der Waals surface area (Å²) in [6.45, 7) is 2.96. The molecule has 1 atom stereocenters. The van der Waals surface area contributed by atoms with Crippen molar-refractivity contribution in [2.45, 2.75) is 31.3 Å². The van der Waals surface area contributed by atoms with Crippen LogP contribution in [-0.4, -0.2) is 51.3 Å². The Balaban J connectivity index is 1.81. The van der Waals surface area contributed by atoms with Gasteiger partial charge in [-0.2, -0.15) is 4.31 Å². The predicted octanol–water partition coefficient (Wildman–Crippen LogP) is 3.03. The first-order valence-corrected chi connectivity index (χ1v) is 11.6. The molecule has 0 saturated carbocycles. The lowest BCUT2D eigenvalue weighted by atomic mass is 10.1. The van der Waals surface area contributed by atoms with Gasteiger partial charge in [0.1, 0.15) is 11.5 Å². The summed E-state index contributed by atoms with van der Waals surface area (Å²) in [7, 11) is -1.28. The van der Waals surface area contributed by atoms with Crippen LogP contribution in [0.4, 0.5) is 11.4 Å². The van der Waals surface area contributed by atoms with Crippen molar-refractivity contribution in [3.63, 3.8) is 0 Å². The zero-order chi connectivity index (χ0) is 23.6. The molecule has 1 heterocycles. The summed E-state index contributed by atoms with van der Waals surface area (Å²) in [5.41, 5.74) is 1.14. The average Bonchev–Trinajstić information content (AvgIpc) is 2.72. The molecule has 2 aromatic carbocycles. The second kappa shape index (κ2) is 9.35. The van der Waals surface area contributed by atoms with Gasteiger partial charge in [-0.15, -0.1) is 0 Å². The number of likely N-dealkylation sites (N-methyl/N-ethyl adjacent to an activating group) is 1. The van der Waals surface area contributed by atoms with Crippen molar-refractivity contribution in [1.82, 2.24) is 4.31 Å². The number of amides is 2. The van der Waals surface area contributed by atoms with E-state index in [1.165, 1.54) is 32.4 Å². The van der Waals surface area contributed by atoms with Gasteiger partial charge in [-0.05, 0) is 43.2 Å². The van der Waals surface area contributed by atoms with Gasteiger partial charge in [0.15, 0.2) is 6.10 Å². The maximum atomic E-state index is 13.2. The smallest absolute Gasteiger partial charge is 0.265 e. The first-order chi connectivity index (χ1) is 15.1. The molecule has 3 rings (SSSR count). The molecule has 2 amide bonds. The Labute approximate surface area is 191 Å². The van der Waals surface area contributed by atoms with Crippen molar-refractivity contribution in [2.24, 2.45) is 0 Å². The fourth-order valence-corrected chi connectivity index (χ4v) is 4.77. The van der Waals surface area contributed by atoms with Gasteiger partial charge in [0.2, 0.25) is 15.9 Å². The average molecular weight is 482 g/mol. The molecule has 0 spiro atoms. The highest BCUT2D eigenvalue weighted by atomic mass is 35.5. The molecule has 0 bridgehead atoms. The largest absolute Gasteiger partial charge is 0.495 e. The van der Waals surface area contributed by atoms with Crippen LogP contribution >= 0.6 is 11.6 Å². The summed E-state index contributed by atoms with van der Waals surface area (Å²) in [5.74, 6) is -0.187. The molecule has 2 aromatic rings. The van der Waals surface area contributed by atoms with Gasteiger partial charge in [-0.1, -0.05) is 18.5 Å². The third-order valence-corrected chi connectivity index (χ3v) is 7.14. The van der Waals surface area contributed by atoms with Crippen LogP contribution in [-0.2, 0) is 19.6 Å². The number of hydrogen-bond donors (Lipinski definition) is 2. The van der Waals surface area contributed by atoms with E-state index in [1.807, 2.05) is 0 Å². The van der Waals surface area contributed by atoms with Crippen molar-refractivity contribution in [1.29, 1.82) is 0 Å². The van der Waals surface area contributed by atoms with Gasteiger partial charge in [-0.25, -0.2) is 8.42 Å². The maximum Gasteiger partial charge on any atom is 0.265 e. The van der Waals surface area contributed by atoms with E-state index in [1.54, 1.807) is 26.0 Å². The molecular weight excluding hydrogens is 458 g/mol. The van der Waals surface area contributed by atoms with Crippen molar-refractivity contribution in [3.8, 4) is 11.5 Å². The topological polar surface area (TPSA) is 114 Å². The number of hydrogen-bond acceptors (Lipinski definition) is 6. The van der Waals surface area contributed by atoms with E-state index in [0.29, 0.717) is 34.1 Å². The number of ether oxygens (including phenoxy) is 2. The number of nitrogens with one attached hydrogen (secondary N) is 2. The maximum absolute atomic E-state index is 13.2. The van der Waals surface area contributed by atoms with Crippen LogP contribution in [0.1, 0.15) is 18.9 Å². The van der Waals surface area contributed by atoms with E-state index >= 15 is 0 Å². The van der Waals surface area contributed by atoms with Gasteiger partial charge in [0, 0.05) is 18.1 Å². The molecule has 0 aliphatic carbocycles. The van der Waals surface area contributed by atoms with Gasteiger partial charge in [0.25, 0.3) is 5.91 Å². The molecule has 0 aromatic heterocycles. The normalized spacial score (nSPS) is 15.6. The van der Waals surface area contributed by atoms with Crippen LogP contribution in [0.15, 0.2) is 35.2 Å². The Kier molecular flexibility index (Phi) is 6.97. The number of sulfonamides is 1. The summed E-state index contributed by atoms with van der Waals surface area (Å²) in [4.78, 5) is 24.5. The third-order valence-electron chi connectivity index (χ3n) is 4.96. The molecule has 1 aliphatic rings. The van der Waals surface area contributed by atoms with Crippen molar-refractivity contribution in [2.75, 3.05) is 31.3 Å². The minimum atomic E-state index is -4.03. The van der Waals surface area contributed by atoms with Crippen LogP contribution in [0.2, 0.25) is 5.02 Å². The minimum absolute atomic E-state index is 0.0158. The third kappa shape index (κ3) is 4.82. The molecule has 2 N–H and O–H groups in total. The number of fused-ring (bicyclic) bond motifs is 1. The number of benzene rings is 2. The highest BCUT2D eigenvalue weighted by Gasteiger charge is 2.31. The Morgan fingerprint density at radius 1 is 1.31 bits per heavy atom. The van der Waals surface area contributed by atoms with E-state index < -0.39 is 28.6 Å². The molecule has 0 fully saturated rings. The van der Waals surface area contributed by atoms with Gasteiger partial charge >= 0.3 is 0 Å². The van der Waals surface area contributed by atoms with Gasteiger partial charge < -0.3 is 20.1 Å². The number of carbonyl (C=O) groups is 2. The quantitative estimate of drug-likeness (QED) is 0.628. The first-order valence-electron chi connectivity index (χ1n) is 9.78. The van der Waals surface area contributed by atoms with Crippen molar-refractivity contribution >= 4 is 44.8 Å². The van der Waals surface area contributed by atoms with Crippen LogP contribution in [0.3, 0.4) is 0 Å². The lowest BCUT2D eigenvalue weighted by Crippen LogP contribution is -2.37. The summed E-state index contributed by atoms with van der Waals surface area (Å²) in [6, 6.07) is 7.62. The summed E-state index contributed by atoms with van der Waals surface area (Å²) < 4.78 is 38.1. The van der Waals surface area contributed by atoms with E-state index in [4.69, 9.17) is 21.1 Å². The van der Waals surface area contributed by atoms with Crippen molar-refractivity contribution in [3.05, 3.63) is 40.9 Å². The van der Waals surface area contributed by atoms with E-state index in [-0.39, 0.29) is 16.6 Å². The first kappa shape index (κ1) is 23.8. The van der Waals surface area contributed by atoms with E-state index in [9.17, 15) is 18.0 Å². The summed E-state index contributed by atoms with van der Waals surface area (Å²) in [5, 5.41) is 5.73. The number of nitrogens with zero attached hydrogens (tertiary/aromatic N) is 1. The summed E-state index contributed by atoms with van der Waals surface area (Å²) >= 11 is 5.97. The van der Waals surface area contributed by atoms with Crippen molar-refractivity contribution < 1.29 is 27.5 Å². The number of carbonyl (C=O) groups excluding carboxylic acids is 2. The number of rotatable bonds is 7. The zero-order valence-electron chi connectivity index (χ0n) is 18.1. The Morgan fingerprint density at radius 2 is 2.03 bits per heavy atom. The van der Waals surface area contributed by atoms with Crippen LogP contribution in [0.5, 0.6) is 11.5 Å². The van der Waals surface area contributed by atoms with Gasteiger partial charge in [0.05, 0.1) is 29.9 Å². The second-order valence-electron chi connectivity index (χ2n) is 7.27. The van der Waals surface area contributed by atoms with E-state index in [0.717, 1.165) is 4.31 Å². The molecular formula is C21H24ClN3O6S. The molecule has 32 heavy (non-hydrogen) atoms. The fraction of sp³-hybridized carbons (Fsp3) is 0.333. The number of anilines is 2. The molecule has 11 heteroatoms. The Hall–Kier alpha value is -2.82. The monoisotopic (exact) mass is 481 g/mol. The predicted molar refractivity (Wildman–Crippen MR) is 121 cm³/mol. The lowest BCUT2D eigenvalue weighted by Gasteiger charge is -2.27. The standard InChI is InChI=1S/C21H24ClN3O6S/c1-5-16-21(27)24-14-8-12(2)19(10-18(14)31-16)32(28,29)25(3)11-20(26)23-15-9-13(22)6-7-17(15)30-4/h6-10,16H,5,11H2,1-4H3,(H,23,26)(H,24,27)/t16-/m1/s1. The molecule has 0 radical (unpaired) electrons. The lowest BCUT2D eigenvalue weighted by molar-refractivity contribution is -0.123. The number of methoxy groups -OCH3 is 1. The molecule has 0 unspecified atom stereocenters. The fourth-order valence-electron chi connectivity index (χ4n) is 3.25. The highest BCUT2D eigenvalue weighted by molar-refractivity contribution is 7.89. The zero-order valence-corrected chi connectivity index (χ0v) is 19.6. The van der Waals surface area contributed by atoms with Crippen LogP contribution in [0, 0.1) is 6.92 Å². The number of aryl methyl sites for hydroxylation is 1. The molecule has 0 saturated heterocycles. The highest BCUT2D eigenvalue weighted by Crippen LogP contribution is 2.35. The minimum Gasteiger partial charge on any atom is -0.495 e. The number of halogens is 1. The Bertz CT molecular complexity index is 1170. The van der Waals surface area contributed by atoms with Gasteiger partial charge in [-0.3, -0.25) is 9.59 Å². The Morgan fingerprint density at radius 3 is 2.69 bits per heavy atom. The second-order valence-corrected chi connectivity index (χ2v) is 9.72. The molecule has 172 valence electrons. The summed E-state index contributed by atoms with van der Waals surface area (Å²) in [6.07, 6.45) is -0.259. The molecule has 9 nitrogen and oxygen atoms in total.